The van der Waals surface area contributed by atoms with E-state index in [9.17, 15) is 17.4 Å². The predicted octanol–water partition coefficient (Wildman–Crippen LogP) is 1.45. The first-order valence-electron chi connectivity index (χ1n) is 5.71. The van der Waals surface area contributed by atoms with Crippen molar-refractivity contribution >= 4 is 26.6 Å². The van der Waals surface area contributed by atoms with Crippen molar-refractivity contribution in [1.29, 1.82) is 0 Å². The Morgan fingerprint density at radius 1 is 1.21 bits per heavy atom. The summed E-state index contributed by atoms with van der Waals surface area (Å²) in [6.07, 6.45) is 2.24. The number of sulfone groups is 1. The van der Waals surface area contributed by atoms with Crippen LogP contribution in [-0.2, 0) is 25.4 Å². The van der Waals surface area contributed by atoms with Crippen molar-refractivity contribution in [2.75, 3.05) is 12.0 Å². The summed E-state index contributed by atoms with van der Waals surface area (Å²) in [5, 5.41) is 8.47. The normalized spacial score (nSPS) is 13.1. The number of carbonyl (C=O) groups is 1. The molecule has 1 aromatic carbocycles. The summed E-state index contributed by atoms with van der Waals surface area (Å²) in [4.78, 5) is 11.1. The van der Waals surface area contributed by atoms with Crippen LogP contribution >= 0.6 is 0 Å². The minimum atomic E-state index is -3.24. The average Bonchev–Trinajstić information content (AvgIpc) is 2.33. The van der Waals surface area contributed by atoms with Gasteiger partial charge in [-0.25, -0.2) is 8.42 Å². The molecule has 1 unspecified atom stereocenters. The van der Waals surface area contributed by atoms with E-state index in [1.807, 2.05) is 0 Å². The standard InChI is InChI=1S/C12H16O5S2/c1-19(16,17)11-7-5-10(6-8-11)18(15)9-3-2-4-12(13)14/h5-8H,2-4,9H2,1H3,(H,13,14). The Balaban J connectivity index is 2.56. The molecule has 0 fully saturated rings. The number of unbranched alkanes of at least 4 members (excludes halogenated alkanes) is 1. The fraction of sp³-hybridized carbons (Fsp3) is 0.417. The van der Waals surface area contributed by atoms with Gasteiger partial charge in [-0.05, 0) is 37.1 Å². The molecule has 0 aliphatic carbocycles. The summed E-state index contributed by atoms with van der Waals surface area (Å²) in [5.41, 5.74) is 0. The van der Waals surface area contributed by atoms with E-state index < -0.39 is 26.6 Å². The Morgan fingerprint density at radius 2 is 1.79 bits per heavy atom. The lowest BCUT2D eigenvalue weighted by Crippen LogP contribution is -2.02. The number of hydrogen-bond donors (Lipinski definition) is 1. The summed E-state index contributed by atoms with van der Waals surface area (Å²) >= 11 is 0. The molecular formula is C12H16O5S2. The zero-order chi connectivity index (χ0) is 14.5. The molecule has 0 amide bonds. The highest BCUT2D eigenvalue weighted by Crippen LogP contribution is 2.14. The number of aliphatic carboxylic acids is 1. The Bertz CT molecular complexity index is 560. The molecule has 0 saturated carbocycles. The van der Waals surface area contributed by atoms with Crippen molar-refractivity contribution in [2.45, 2.75) is 29.1 Å². The third kappa shape index (κ3) is 5.52. The summed E-state index contributed by atoms with van der Waals surface area (Å²) in [7, 11) is -4.46. The monoisotopic (exact) mass is 304 g/mol. The first kappa shape index (κ1) is 15.8. The molecule has 1 rings (SSSR count). The number of benzene rings is 1. The molecule has 106 valence electrons. The molecule has 0 saturated heterocycles. The van der Waals surface area contributed by atoms with Gasteiger partial charge in [0.15, 0.2) is 9.84 Å². The highest BCUT2D eigenvalue weighted by atomic mass is 32.2. The van der Waals surface area contributed by atoms with Crippen molar-refractivity contribution in [1.82, 2.24) is 0 Å². The molecule has 0 radical (unpaired) electrons. The van der Waals surface area contributed by atoms with Crippen LogP contribution in [0.15, 0.2) is 34.1 Å². The fourth-order valence-electron chi connectivity index (χ4n) is 1.47. The quantitative estimate of drug-likeness (QED) is 0.770. The van der Waals surface area contributed by atoms with Gasteiger partial charge in [-0.1, -0.05) is 0 Å². The van der Waals surface area contributed by atoms with E-state index in [-0.39, 0.29) is 11.3 Å². The van der Waals surface area contributed by atoms with Gasteiger partial charge in [-0.3, -0.25) is 9.00 Å². The number of carboxylic acids is 1. The molecule has 0 spiro atoms. The second kappa shape index (κ2) is 6.81. The summed E-state index contributed by atoms with van der Waals surface area (Å²) in [6, 6.07) is 5.92. The van der Waals surface area contributed by atoms with Crippen molar-refractivity contribution < 1.29 is 22.5 Å². The van der Waals surface area contributed by atoms with Gasteiger partial charge in [0.2, 0.25) is 0 Å². The molecular weight excluding hydrogens is 288 g/mol. The van der Waals surface area contributed by atoms with Gasteiger partial charge in [-0.2, -0.15) is 0 Å². The molecule has 5 nitrogen and oxygen atoms in total. The number of hydrogen-bond acceptors (Lipinski definition) is 4. The van der Waals surface area contributed by atoms with Crippen molar-refractivity contribution in [3.8, 4) is 0 Å². The Hall–Kier alpha value is -1.21. The third-order valence-electron chi connectivity index (χ3n) is 2.49. The van der Waals surface area contributed by atoms with Crippen LogP contribution in [-0.4, -0.2) is 35.7 Å². The smallest absolute Gasteiger partial charge is 0.303 e. The third-order valence-corrected chi connectivity index (χ3v) is 5.07. The molecule has 1 N–H and O–H groups in total. The van der Waals surface area contributed by atoms with E-state index in [4.69, 9.17) is 5.11 Å². The van der Waals surface area contributed by atoms with Crippen LogP contribution in [0.3, 0.4) is 0 Å². The molecule has 1 aromatic rings. The predicted molar refractivity (Wildman–Crippen MR) is 72.3 cm³/mol. The first-order chi connectivity index (χ1) is 8.80. The molecule has 1 atom stereocenters. The maximum Gasteiger partial charge on any atom is 0.303 e. The maximum atomic E-state index is 11.9. The summed E-state index contributed by atoms with van der Waals surface area (Å²) in [6.45, 7) is 0. The van der Waals surface area contributed by atoms with Gasteiger partial charge >= 0.3 is 5.97 Å². The van der Waals surface area contributed by atoms with E-state index in [0.717, 1.165) is 6.26 Å². The van der Waals surface area contributed by atoms with E-state index in [1.54, 1.807) is 0 Å². The largest absolute Gasteiger partial charge is 0.481 e. The molecule has 0 heterocycles. The van der Waals surface area contributed by atoms with Crippen LogP contribution < -0.4 is 0 Å². The Labute approximate surface area is 115 Å². The van der Waals surface area contributed by atoms with Gasteiger partial charge in [-0.15, -0.1) is 0 Å². The first-order valence-corrected chi connectivity index (χ1v) is 8.92. The zero-order valence-corrected chi connectivity index (χ0v) is 12.2. The SMILES string of the molecule is CS(=O)(=O)c1ccc(S(=O)CCCCC(=O)O)cc1. The van der Waals surface area contributed by atoms with Crippen molar-refractivity contribution in [2.24, 2.45) is 0 Å². The highest BCUT2D eigenvalue weighted by Gasteiger charge is 2.09. The minimum absolute atomic E-state index is 0.0736. The van der Waals surface area contributed by atoms with Crippen molar-refractivity contribution in [3.05, 3.63) is 24.3 Å². The molecule has 0 aliphatic heterocycles. The van der Waals surface area contributed by atoms with Gasteiger partial charge in [0.1, 0.15) is 0 Å². The molecule has 19 heavy (non-hydrogen) atoms. The molecule has 0 aliphatic rings. The lowest BCUT2D eigenvalue weighted by Gasteiger charge is -2.03. The Morgan fingerprint density at radius 3 is 2.26 bits per heavy atom. The van der Waals surface area contributed by atoms with Crippen LogP contribution in [0.5, 0.6) is 0 Å². The lowest BCUT2D eigenvalue weighted by atomic mass is 10.2. The van der Waals surface area contributed by atoms with Crippen LogP contribution in [0.2, 0.25) is 0 Å². The molecule has 0 aromatic heterocycles. The lowest BCUT2D eigenvalue weighted by molar-refractivity contribution is -0.137. The average molecular weight is 304 g/mol. The molecule has 0 bridgehead atoms. The van der Waals surface area contributed by atoms with E-state index in [0.29, 0.717) is 23.5 Å². The molecule has 7 heteroatoms. The van der Waals surface area contributed by atoms with Crippen LogP contribution in [0.1, 0.15) is 19.3 Å². The highest BCUT2D eigenvalue weighted by molar-refractivity contribution is 7.90. The Kier molecular flexibility index (Phi) is 5.68. The minimum Gasteiger partial charge on any atom is -0.481 e. The van der Waals surface area contributed by atoms with Gasteiger partial charge in [0, 0.05) is 23.3 Å². The number of rotatable bonds is 7. The fourth-order valence-corrected chi connectivity index (χ4v) is 3.24. The van der Waals surface area contributed by atoms with Crippen LogP contribution in [0, 0.1) is 0 Å². The number of carboxylic acid groups (broad SMARTS) is 1. The van der Waals surface area contributed by atoms with Gasteiger partial charge in [0.25, 0.3) is 0 Å². The van der Waals surface area contributed by atoms with Gasteiger partial charge in [0.05, 0.1) is 15.7 Å². The van der Waals surface area contributed by atoms with E-state index >= 15 is 0 Å². The van der Waals surface area contributed by atoms with Crippen LogP contribution in [0.25, 0.3) is 0 Å². The van der Waals surface area contributed by atoms with Crippen LogP contribution in [0.4, 0.5) is 0 Å². The maximum absolute atomic E-state index is 11.9. The second-order valence-electron chi connectivity index (χ2n) is 4.14. The summed E-state index contributed by atoms with van der Waals surface area (Å²) < 4.78 is 34.4. The van der Waals surface area contributed by atoms with E-state index in [1.165, 1.54) is 24.3 Å². The topological polar surface area (TPSA) is 88.5 Å². The zero-order valence-electron chi connectivity index (χ0n) is 10.5. The summed E-state index contributed by atoms with van der Waals surface area (Å²) in [5.74, 6) is -0.478. The van der Waals surface area contributed by atoms with Gasteiger partial charge < -0.3 is 5.11 Å². The van der Waals surface area contributed by atoms with E-state index in [2.05, 4.69) is 0 Å². The van der Waals surface area contributed by atoms with Crippen molar-refractivity contribution in [3.63, 3.8) is 0 Å². The second-order valence-corrected chi connectivity index (χ2v) is 7.73.